The van der Waals surface area contributed by atoms with E-state index in [0.29, 0.717) is 18.1 Å². The molecule has 2 heterocycles. The largest absolute Gasteiger partial charge is 0.305 e. The number of H-pyrrole nitrogens is 1. The summed E-state index contributed by atoms with van der Waals surface area (Å²) < 4.78 is 28.2. The van der Waals surface area contributed by atoms with Gasteiger partial charge >= 0.3 is 0 Å². The number of benzene rings is 2. The number of hydrogen-bond acceptors (Lipinski definition) is 4. The molecule has 162 valence electrons. The number of rotatable bonds is 5. The molecule has 0 saturated heterocycles. The topological polar surface area (TPSA) is 95.2 Å². The molecule has 0 unspecified atom stereocenters. The standard InChI is InChI=1S/C22H23ClN4O3S/c1-14(2)19-13-21(26-25-19)24-22(28)17-12-16(9-10-18(17)23)31(29,30)27-11-5-7-15-6-3-4-8-20(15)27/h3-4,6,8-10,12-14H,5,7,11H2,1-2H3,(H2,24,25,26,28). The number of aromatic amines is 1. The van der Waals surface area contributed by atoms with Crippen LogP contribution in [-0.4, -0.2) is 31.1 Å². The van der Waals surface area contributed by atoms with Crippen LogP contribution in [0.25, 0.3) is 0 Å². The maximum absolute atomic E-state index is 13.4. The molecule has 1 aliphatic heterocycles. The van der Waals surface area contributed by atoms with Gasteiger partial charge in [-0.2, -0.15) is 5.10 Å². The van der Waals surface area contributed by atoms with Gasteiger partial charge in [-0.15, -0.1) is 0 Å². The lowest BCUT2D eigenvalue weighted by atomic mass is 10.0. The van der Waals surface area contributed by atoms with Crippen LogP contribution in [0, 0.1) is 0 Å². The number of fused-ring (bicyclic) bond motifs is 1. The summed E-state index contributed by atoms with van der Waals surface area (Å²) in [7, 11) is -3.86. The Kier molecular flexibility index (Phi) is 5.77. The van der Waals surface area contributed by atoms with Crippen molar-refractivity contribution in [2.75, 3.05) is 16.2 Å². The van der Waals surface area contributed by atoms with E-state index in [1.807, 2.05) is 32.0 Å². The molecular weight excluding hydrogens is 436 g/mol. The Morgan fingerprint density at radius 1 is 1.19 bits per heavy atom. The number of nitrogens with one attached hydrogen (secondary N) is 2. The Bertz CT molecular complexity index is 1240. The predicted octanol–water partition coefficient (Wildman–Crippen LogP) is 4.58. The molecule has 1 amide bonds. The second kappa shape index (κ2) is 8.36. The van der Waals surface area contributed by atoms with Gasteiger partial charge in [0.15, 0.2) is 5.82 Å². The molecule has 31 heavy (non-hydrogen) atoms. The minimum absolute atomic E-state index is 0.0173. The molecule has 0 saturated carbocycles. The fraction of sp³-hybridized carbons (Fsp3) is 0.273. The maximum Gasteiger partial charge on any atom is 0.264 e. The first-order valence-electron chi connectivity index (χ1n) is 10.0. The van der Waals surface area contributed by atoms with Crippen LogP contribution in [0.15, 0.2) is 53.4 Å². The molecule has 2 aromatic carbocycles. The normalized spacial score (nSPS) is 13.9. The van der Waals surface area contributed by atoms with E-state index in [4.69, 9.17) is 11.6 Å². The summed E-state index contributed by atoms with van der Waals surface area (Å²) in [4.78, 5) is 12.8. The maximum atomic E-state index is 13.4. The summed E-state index contributed by atoms with van der Waals surface area (Å²) in [5.41, 5.74) is 2.61. The summed E-state index contributed by atoms with van der Waals surface area (Å²) >= 11 is 6.23. The van der Waals surface area contributed by atoms with Crippen molar-refractivity contribution in [3.05, 3.63) is 70.4 Å². The van der Waals surface area contributed by atoms with Crippen LogP contribution in [0.3, 0.4) is 0 Å². The summed E-state index contributed by atoms with van der Waals surface area (Å²) in [5.74, 6) is 0.0496. The Morgan fingerprint density at radius 2 is 1.97 bits per heavy atom. The Labute approximate surface area is 186 Å². The number of nitrogens with zero attached hydrogens (tertiary/aromatic N) is 2. The number of amides is 1. The van der Waals surface area contributed by atoms with Crippen LogP contribution in [0.1, 0.15) is 47.8 Å². The minimum atomic E-state index is -3.86. The Morgan fingerprint density at radius 3 is 2.71 bits per heavy atom. The molecule has 4 rings (SSSR count). The Balaban J connectivity index is 1.65. The average Bonchev–Trinajstić information content (AvgIpc) is 3.22. The number of carbonyl (C=O) groups is 1. The fourth-order valence-electron chi connectivity index (χ4n) is 3.59. The highest BCUT2D eigenvalue weighted by molar-refractivity contribution is 7.92. The van der Waals surface area contributed by atoms with E-state index in [-0.39, 0.29) is 21.4 Å². The summed E-state index contributed by atoms with van der Waals surface area (Å²) in [6.45, 7) is 4.39. The molecule has 7 nitrogen and oxygen atoms in total. The molecule has 2 N–H and O–H groups in total. The summed E-state index contributed by atoms with van der Waals surface area (Å²) in [5, 5.41) is 9.78. The molecule has 0 atom stereocenters. The number of halogens is 1. The minimum Gasteiger partial charge on any atom is -0.305 e. The number of para-hydroxylation sites is 1. The first-order valence-corrected chi connectivity index (χ1v) is 11.9. The van der Waals surface area contributed by atoms with Gasteiger partial charge in [0.2, 0.25) is 0 Å². The van der Waals surface area contributed by atoms with Gasteiger partial charge in [0.25, 0.3) is 15.9 Å². The second-order valence-corrected chi connectivity index (χ2v) is 10.0. The van der Waals surface area contributed by atoms with Crippen molar-refractivity contribution in [1.29, 1.82) is 0 Å². The van der Waals surface area contributed by atoms with Gasteiger partial charge in [-0.05, 0) is 48.6 Å². The smallest absolute Gasteiger partial charge is 0.264 e. The number of carbonyl (C=O) groups excluding carboxylic acids is 1. The van der Waals surface area contributed by atoms with Gasteiger partial charge < -0.3 is 5.32 Å². The highest BCUT2D eigenvalue weighted by Crippen LogP contribution is 2.33. The average molecular weight is 459 g/mol. The van der Waals surface area contributed by atoms with E-state index >= 15 is 0 Å². The summed E-state index contributed by atoms with van der Waals surface area (Å²) in [6.07, 6.45) is 1.56. The number of hydrogen-bond donors (Lipinski definition) is 2. The van der Waals surface area contributed by atoms with Crippen molar-refractivity contribution < 1.29 is 13.2 Å². The van der Waals surface area contributed by atoms with Crippen molar-refractivity contribution in [2.24, 2.45) is 0 Å². The third-order valence-electron chi connectivity index (χ3n) is 5.30. The molecule has 1 aliphatic rings. The monoisotopic (exact) mass is 458 g/mol. The van der Waals surface area contributed by atoms with Crippen LogP contribution in [-0.2, 0) is 16.4 Å². The highest BCUT2D eigenvalue weighted by atomic mass is 35.5. The summed E-state index contributed by atoms with van der Waals surface area (Å²) in [6, 6.07) is 13.4. The number of sulfonamides is 1. The number of aryl methyl sites for hydroxylation is 1. The molecule has 0 spiro atoms. The quantitative estimate of drug-likeness (QED) is 0.585. The van der Waals surface area contributed by atoms with Gasteiger partial charge in [0.1, 0.15) is 0 Å². The molecule has 9 heteroatoms. The molecule has 0 radical (unpaired) electrons. The SMILES string of the molecule is CC(C)c1cc(NC(=O)c2cc(S(=O)(=O)N3CCCc4ccccc43)ccc2Cl)n[nH]1. The van der Waals surface area contributed by atoms with Crippen LogP contribution < -0.4 is 9.62 Å². The zero-order chi connectivity index (χ0) is 22.2. The van der Waals surface area contributed by atoms with Crippen molar-refractivity contribution in [3.8, 4) is 0 Å². The molecule has 0 aliphatic carbocycles. The molecule has 0 bridgehead atoms. The van der Waals surface area contributed by atoms with Crippen molar-refractivity contribution in [1.82, 2.24) is 10.2 Å². The molecule has 0 fully saturated rings. The van der Waals surface area contributed by atoms with Crippen molar-refractivity contribution >= 4 is 39.0 Å². The van der Waals surface area contributed by atoms with Crippen LogP contribution in [0.4, 0.5) is 11.5 Å². The molecule has 1 aromatic heterocycles. The fourth-order valence-corrected chi connectivity index (χ4v) is 5.37. The van der Waals surface area contributed by atoms with Crippen molar-refractivity contribution in [3.63, 3.8) is 0 Å². The van der Waals surface area contributed by atoms with E-state index < -0.39 is 15.9 Å². The van der Waals surface area contributed by atoms with Crippen LogP contribution >= 0.6 is 11.6 Å². The van der Waals surface area contributed by atoms with Crippen LogP contribution in [0.2, 0.25) is 5.02 Å². The van der Waals surface area contributed by atoms with Gasteiger partial charge in [0.05, 0.1) is 21.2 Å². The Hall–Kier alpha value is -2.84. The van der Waals surface area contributed by atoms with Gasteiger partial charge in [-0.1, -0.05) is 43.6 Å². The van der Waals surface area contributed by atoms with E-state index in [9.17, 15) is 13.2 Å². The lowest BCUT2D eigenvalue weighted by Crippen LogP contribution is -2.35. The zero-order valence-corrected chi connectivity index (χ0v) is 18.8. The first-order chi connectivity index (χ1) is 14.8. The van der Waals surface area contributed by atoms with Gasteiger partial charge in [0, 0.05) is 18.3 Å². The van der Waals surface area contributed by atoms with Crippen LogP contribution in [0.5, 0.6) is 0 Å². The van der Waals surface area contributed by atoms with Gasteiger partial charge in [-0.3, -0.25) is 14.2 Å². The number of anilines is 2. The van der Waals surface area contributed by atoms with Gasteiger partial charge in [-0.25, -0.2) is 8.42 Å². The highest BCUT2D eigenvalue weighted by Gasteiger charge is 2.30. The molecular formula is C22H23ClN4O3S. The molecule has 3 aromatic rings. The third-order valence-corrected chi connectivity index (χ3v) is 7.44. The zero-order valence-electron chi connectivity index (χ0n) is 17.2. The lowest BCUT2D eigenvalue weighted by Gasteiger charge is -2.30. The van der Waals surface area contributed by atoms with E-state index in [0.717, 1.165) is 24.1 Å². The lowest BCUT2D eigenvalue weighted by molar-refractivity contribution is 0.102. The van der Waals surface area contributed by atoms with E-state index in [1.54, 1.807) is 12.1 Å². The van der Waals surface area contributed by atoms with E-state index in [2.05, 4.69) is 15.5 Å². The number of aromatic nitrogens is 2. The van der Waals surface area contributed by atoms with E-state index in [1.165, 1.54) is 22.5 Å². The third kappa shape index (κ3) is 4.18. The predicted molar refractivity (Wildman–Crippen MR) is 121 cm³/mol. The van der Waals surface area contributed by atoms with Crippen molar-refractivity contribution in [2.45, 2.75) is 37.5 Å². The second-order valence-electron chi connectivity index (χ2n) is 7.77. The first kappa shape index (κ1) is 21.4.